The molecule has 0 unspecified atom stereocenters. The number of hydrogen-bond donors (Lipinski definition) is 1. The Labute approximate surface area is 129 Å². The molecule has 0 spiro atoms. The highest BCUT2D eigenvalue weighted by Gasteiger charge is 2.19. The smallest absolute Gasteiger partial charge is 0.264 e. The van der Waals surface area contributed by atoms with E-state index in [0.29, 0.717) is 17.8 Å². The Morgan fingerprint density at radius 3 is 2.62 bits per heavy atom. The maximum atomic E-state index is 12.4. The number of thiophene rings is 1. The predicted octanol–water partition coefficient (Wildman–Crippen LogP) is 1.03. The van der Waals surface area contributed by atoms with Crippen LogP contribution in [0.25, 0.3) is 0 Å². The van der Waals surface area contributed by atoms with Crippen LogP contribution in [-0.4, -0.2) is 60.5 Å². The molecule has 5 nitrogen and oxygen atoms in total. The zero-order chi connectivity index (χ0) is 15.8. The lowest BCUT2D eigenvalue weighted by Gasteiger charge is -2.21. The van der Waals surface area contributed by atoms with Crippen LogP contribution in [-0.2, 0) is 4.79 Å². The molecule has 0 bridgehead atoms. The van der Waals surface area contributed by atoms with E-state index in [9.17, 15) is 9.59 Å². The predicted molar refractivity (Wildman–Crippen MR) is 83.2 cm³/mol. The summed E-state index contributed by atoms with van der Waals surface area (Å²) in [5, 5.41) is 8.68. The minimum Gasteiger partial charge on any atom is -0.395 e. The summed E-state index contributed by atoms with van der Waals surface area (Å²) < 4.78 is 0. The van der Waals surface area contributed by atoms with Crippen LogP contribution < -0.4 is 0 Å². The first-order valence-corrected chi connectivity index (χ1v) is 7.50. The van der Waals surface area contributed by atoms with Crippen molar-refractivity contribution >= 4 is 23.2 Å². The van der Waals surface area contributed by atoms with Gasteiger partial charge in [-0.25, -0.2) is 0 Å². The molecule has 1 rings (SSSR count). The summed E-state index contributed by atoms with van der Waals surface area (Å²) in [6.45, 7) is 2.42. The molecule has 0 aliphatic carbocycles. The van der Waals surface area contributed by atoms with Gasteiger partial charge in [0.2, 0.25) is 5.91 Å². The van der Waals surface area contributed by atoms with Crippen molar-refractivity contribution < 1.29 is 14.7 Å². The Morgan fingerprint density at radius 2 is 2.05 bits per heavy atom. The second-order valence-electron chi connectivity index (χ2n) is 4.55. The minimum absolute atomic E-state index is 0.0282. The van der Waals surface area contributed by atoms with Gasteiger partial charge in [0.25, 0.3) is 5.91 Å². The molecule has 2 amide bonds. The molecule has 0 aromatic carbocycles. The van der Waals surface area contributed by atoms with E-state index in [4.69, 9.17) is 5.11 Å². The van der Waals surface area contributed by atoms with Gasteiger partial charge in [-0.05, 0) is 19.1 Å². The molecule has 0 radical (unpaired) electrons. The lowest BCUT2D eigenvalue weighted by Crippen LogP contribution is -2.39. The monoisotopic (exact) mass is 308 g/mol. The first-order valence-electron chi connectivity index (χ1n) is 6.68. The molecular weight excluding hydrogens is 288 g/mol. The normalized spacial score (nSPS) is 9.71. The van der Waals surface area contributed by atoms with Gasteiger partial charge in [0.1, 0.15) is 6.54 Å². The van der Waals surface area contributed by atoms with Crippen LogP contribution in [0.2, 0.25) is 0 Å². The molecule has 6 heteroatoms. The topological polar surface area (TPSA) is 60.9 Å². The number of aliphatic hydroxyl groups excluding tert-OH is 1. The van der Waals surface area contributed by atoms with Crippen LogP contribution in [0.1, 0.15) is 27.9 Å². The molecule has 0 saturated carbocycles. The molecule has 0 aliphatic rings. The first kappa shape index (κ1) is 17.2. The number of hydrogen-bond acceptors (Lipinski definition) is 4. The van der Waals surface area contributed by atoms with Crippen molar-refractivity contribution in [3.05, 3.63) is 21.9 Å². The fourth-order valence-electron chi connectivity index (χ4n) is 1.51. The number of aliphatic hydroxyl groups is 1. The molecular formula is C15H20N2O3S. The van der Waals surface area contributed by atoms with Gasteiger partial charge >= 0.3 is 0 Å². The number of carbonyl (C=O) groups is 2. The Balaban J connectivity index is 2.77. The summed E-state index contributed by atoms with van der Waals surface area (Å²) in [5.74, 6) is 5.45. The molecule has 0 fully saturated rings. The highest BCUT2D eigenvalue weighted by Crippen LogP contribution is 2.17. The lowest BCUT2D eigenvalue weighted by atomic mass is 10.3. The Morgan fingerprint density at radius 1 is 1.33 bits per heavy atom. The zero-order valence-electron chi connectivity index (χ0n) is 12.5. The molecule has 1 N–H and O–H groups in total. The minimum atomic E-state index is -0.159. The fraction of sp³-hybridized carbons (Fsp3) is 0.467. The van der Waals surface area contributed by atoms with Gasteiger partial charge in [-0.2, -0.15) is 0 Å². The van der Waals surface area contributed by atoms with Gasteiger partial charge in [-0.1, -0.05) is 11.8 Å². The van der Waals surface area contributed by atoms with E-state index >= 15 is 0 Å². The largest absolute Gasteiger partial charge is 0.395 e. The summed E-state index contributed by atoms with van der Waals surface area (Å²) in [6, 6.07) is 3.50. The molecule has 0 saturated heterocycles. The second kappa shape index (κ2) is 8.45. The quantitative estimate of drug-likeness (QED) is 0.827. The molecule has 0 aliphatic heterocycles. The van der Waals surface area contributed by atoms with Crippen LogP contribution in [0.15, 0.2) is 12.1 Å². The van der Waals surface area contributed by atoms with Crippen molar-refractivity contribution in [2.45, 2.75) is 13.3 Å². The summed E-state index contributed by atoms with van der Waals surface area (Å²) >= 11 is 1.30. The first-order chi connectivity index (χ1) is 9.99. The van der Waals surface area contributed by atoms with Crippen molar-refractivity contribution in [3.63, 3.8) is 0 Å². The zero-order valence-corrected chi connectivity index (χ0v) is 13.4. The summed E-state index contributed by atoms with van der Waals surface area (Å²) in [4.78, 5) is 28.4. The molecule has 1 aromatic heterocycles. The van der Waals surface area contributed by atoms with Gasteiger partial charge < -0.3 is 14.9 Å². The Bertz CT molecular complexity index is 555. The summed E-state index contributed by atoms with van der Waals surface area (Å²) in [6.07, 6.45) is 0.416. The third-order valence-electron chi connectivity index (χ3n) is 2.76. The maximum absolute atomic E-state index is 12.4. The average Bonchev–Trinajstić information content (AvgIpc) is 2.92. The van der Waals surface area contributed by atoms with E-state index in [1.165, 1.54) is 21.1 Å². The van der Waals surface area contributed by atoms with E-state index in [-0.39, 0.29) is 25.0 Å². The number of rotatable bonds is 5. The van der Waals surface area contributed by atoms with Crippen LogP contribution in [0.3, 0.4) is 0 Å². The van der Waals surface area contributed by atoms with E-state index < -0.39 is 0 Å². The van der Waals surface area contributed by atoms with E-state index in [2.05, 4.69) is 11.8 Å². The molecule has 1 aromatic rings. The van der Waals surface area contributed by atoms with Gasteiger partial charge in [0.05, 0.1) is 16.4 Å². The van der Waals surface area contributed by atoms with Crippen molar-refractivity contribution in [1.29, 1.82) is 0 Å². The number of nitrogens with zero attached hydrogens (tertiary/aromatic N) is 2. The summed E-state index contributed by atoms with van der Waals surface area (Å²) in [5.41, 5.74) is 0. The van der Waals surface area contributed by atoms with E-state index in [1.54, 1.807) is 26.2 Å². The van der Waals surface area contributed by atoms with Crippen LogP contribution in [0.4, 0.5) is 0 Å². The Hall–Kier alpha value is -1.84. The third-order valence-corrected chi connectivity index (χ3v) is 3.75. The van der Waals surface area contributed by atoms with Crippen molar-refractivity contribution in [2.24, 2.45) is 0 Å². The molecule has 0 atom stereocenters. The number of carbonyl (C=O) groups excluding carboxylic acids is 2. The van der Waals surface area contributed by atoms with Gasteiger partial charge in [0.15, 0.2) is 0 Å². The fourth-order valence-corrected chi connectivity index (χ4v) is 2.36. The van der Waals surface area contributed by atoms with Gasteiger partial charge in [-0.15, -0.1) is 11.3 Å². The standard InChI is InChI=1S/C15H20N2O3S/c1-4-17(11-14(19)16(2)3)15(20)13-9-8-12(21-13)7-5-6-10-18/h8-9,18H,4,6,10-11H2,1-3H3. The van der Waals surface area contributed by atoms with Crippen molar-refractivity contribution in [2.75, 3.05) is 33.8 Å². The summed E-state index contributed by atoms with van der Waals surface area (Å²) in [7, 11) is 3.33. The van der Waals surface area contributed by atoms with Gasteiger partial charge in [0, 0.05) is 27.1 Å². The Kier molecular flexibility index (Phi) is 6.92. The SMILES string of the molecule is CCN(CC(=O)N(C)C)C(=O)c1ccc(C#CCCO)s1. The van der Waals surface area contributed by atoms with Crippen LogP contribution in [0, 0.1) is 11.8 Å². The molecule has 1 heterocycles. The van der Waals surface area contributed by atoms with Gasteiger partial charge in [-0.3, -0.25) is 9.59 Å². The second-order valence-corrected chi connectivity index (χ2v) is 5.63. The van der Waals surface area contributed by atoms with E-state index in [1.807, 2.05) is 6.92 Å². The maximum Gasteiger partial charge on any atom is 0.264 e. The van der Waals surface area contributed by atoms with Crippen LogP contribution in [0.5, 0.6) is 0 Å². The highest BCUT2D eigenvalue weighted by atomic mass is 32.1. The average molecular weight is 308 g/mol. The van der Waals surface area contributed by atoms with E-state index in [0.717, 1.165) is 4.88 Å². The highest BCUT2D eigenvalue weighted by molar-refractivity contribution is 7.14. The lowest BCUT2D eigenvalue weighted by molar-refractivity contribution is -0.129. The number of amides is 2. The van der Waals surface area contributed by atoms with Crippen molar-refractivity contribution in [1.82, 2.24) is 9.80 Å². The van der Waals surface area contributed by atoms with Crippen LogP contribution >= 0.6 is 11.3 Å². The third kappa shape index (κ3) is 5.21. The molecule has 114 valence electrons. The van der Waals surface area contributed by atoms with Crippen molar-refractivity contribution in [3.8, 4) is 11.8 Å². The number of likely N-dealkylation sites (N-methyl/N-ethyl adjacent to an activating group) is 2. The molecule has 21 heavy (non-hydrogen) atoms.